The number of ether oxygens (including phenoxy) is 1. The largest absolute Gasteiger partial charge is 0.497 e. The summed E-state index contributed by atoms with van der Waals surface area (Å²) in [5, 5.41) is 4.32. The van der Waals surface area contributed by atoms with Crippen molar-refractivity contribution >= 4 is 34.2 Å². The van der Waals surface area contributed by atoms with Gasteiger partial charge >= 0.3 is 6.03 Å². The molecular formula is C21H22ClN3O2. The van der Waals surface area contributed by atoms with E-state index in [-0.39, 0.29) is 12.1 Å². The van der Waals surface area contributed by atoms with Crippen molar-refractivity contribution in [3.8, 4) is 5.75 Å². The average molecular weight is 384 g/mol. The molecule has 140 valence electrons. The molecule has 2 aromatic carbocycles. The Labute approximate surface area is 163 Å². The van der Waals surface area contributed by atoms with Crippen LogP contribution in [0.25, 0.3) is 10.9 Å². The summed E-state index contributed by atoms with van der Waals surface area (Å²) in [7, 11) is 1.59. The fourth-order valence-electron chi connectivity index (χ4n) is 2.82. The van der Waals surface area contributed by atoms with Gasteiger partial charge in [0.1, 0.15) is 10.9 Å². The summed E-state index contributed by atoms with van der Waals surface area (Å²) in [6, 6.07) is 16.8. The quantitative estimate of drug-likeness (QED) is 0.605. The molecule has 0 radical (unpaired) electrons. The summed E-state index contributed by atoms with van der Waals surface area (Å²) in [5.74, 6) is 0.686. The van der Waals surface area contributed by atoms with Gasteiger partial charge in [-0.3, -0.25) is 0 Å². The molecule has 0 aliphatic rings. The van der Waals surface area contributed by atoms with Crippen LogP contribution in [-0.4, -0.2) is 29.1 Å². The van der Waals surface area contributed by atoms with E-state index >= 15 is 0 Å². The standard InChI is InChI=1S/C21H22ClN3O2/c1-14(2)25(21(26)23-17-8-6-9-18(12-17)27-3)13-16-11-15-7-4-5-10-19(15)24-20(16)22/h4-12,14H,13H2,1-3H3,(H,23,26). The summed E-state index contributed by atoms with van der Waals surface area (Å²) >= 11 is 6.37. The molecule has 1 aromatic heterocycles. The van der Waals surface area contributed by atoms with Gasteiger partial charge in [-0.25, -0.2) is 9.78 Å². The van der Waals surface area contributed by atoms with E-state index in [1.54, 1.807) is 18.1 Å². The lowest BCUT2D eigenvalue weighted by Gasteiger charge is -2.27. The van der Waals surface area contributed by atoms with Gasteiger partial charge in [0.2, 0.25) is 0 Å². The number of amides is 2. The van der Waals surface area contributed by atoms with Crippen LogP contribution in [0.3, 0.4) is 0 Å². The minimum Gasteiger partial charge on any atom is -0.497 e. The van der Waals surface area contributed by atoms with Crippen LogP contribution >= 0.6 is 11.6 Å². The number of aromatic nitrogens is 1. The van der Waals surface area contributed by atoms with Crippen molar-refractivity contribution in [2.45, 2.75) is 26.4 Å². The molecule has 5 nitrogen and oxygen atoms in total. The highest BCUT2D eigenvalue weighted by Gasteiger charge is 2.19. The Morgan fingerprint density at radius 3 is 2.70 bits per heavy atom. The van der Waals surface area contributed by atoms with Crippen LogP contribution < -0.4 is 10.1 Å². The molecule has 0 saturated heterocycles. The second-order valence-electron chi connectivity index (χ2n) is 6.51. The highest BCUT2D eigenvalue weighted by molar-refractivity contribution is 6.30. The first-order valence-corrected chi connectivity index (χ1v) is 9.11. The SMILES string of the molecule is COc1cccc(NC(=O)N(Cc2cc3ccccc3nc2Cl)C(C)C)c1. The van der Waals surface area contributed by atoms with Gasteiger partial charge in [0.05, 0.1) is 19.2 Å². The first kappa shape index (κ1) is 19.0. The number of pyridine rings is 1. The van der Waals surface area contributed by atoms with Crippen molar-refractivity contribution in [1.29, 1.82) is 0 Å². The average Bonchev–Trinajstić information content (AvgIpc) is 2.66. The Kier molecular flexibility index (Phi) is 5.81. The second-order valence-corrected chi connectivity index (χ2v) is 6.87. The number of fused-ring (bicyclic) bond motifs is 1. The van der Waals surface area contributed by atoms with Crippen molar-refractivity contribution in [1.82, 2.24) is 9.88 Å². The number of carbonyl (C=O) groups excluding carboxylic acids is 1. The zero-order chi connectivity index (χ0) is 19.4. The third kappa shape index (κ3) is 4.49. The van der Waals surface area contributed by atoms with Gasteiger partial charge in [-0.1, -0.05) is 35.9 Å². The van der Waals surface area contributed by atoms with E-state index in [0.717, 1.165) is 16.5 Å². The lowest BCUT2D eigenvalue weighted by atomic mass is 10.1. The number of anilines is 1. The zero-order valence-corrected chi connectivity index (χ0v) is 16.3. The number of methoxy groups -OCH3 is 1. The number of para-hydroxylation sites is 1. The minimum atomic E-state index is -0.206. The molecule has 0 saturated carbocycles. The number of nitrogens with zero attached hydrogens (tertiary/aromatic N) is 2. The van der Waals surface area contributed by atoms with E-state index in [1.807, 2.05) is 62.4 Å². The molecule has 0 spiro atoms. The first-order chi connectivity index (χ1) is 13.0. The van der Waals surface area contributed by atoms with E-state index in [9.17, 15) is 4.79 Å². The predicted molar refractivity (Wildman–Crippen MR) is 109 cm³/mol. The van der Waals surface area contributed by atoms with Crippen LogP contribution in [0.5, 0.6) is 5.75 Å². The van der Waals surface area contributed by atoms with E-state index in [0.29, 0.717) is 23.1 Å². The summed E-state index contributed by atoms with van der Waals surface area (Å²) < 4.78 is 5.21. The second kappa shape index (κ2) is 8.27. The summed E-state index contributed by atoms with van der Waals surface area (Å²) in [6.45, 7) is 4.30. The molecule has 2 amide bonds. The van der Waals surface area contributed by atoms with Crippen molar-refractivity contribution < 1.29 is 9.53 Å². The van der Waals surface area contributed by atoms with E-state index in [1.165, 1.54) is 0 Å². The maximum atomic E-state index is 12.8. The molecule has 1 N–H and O–H groups in total. The fourth-order valence-corrected chi connectivity index (χ4v) is 3.02. The summed E-state index contributed by atoms with van der Waals surface area (Å²) in [6.07, 6.45) is 0. The van der Waals surface area contributed by atoms with Crippen LogP contribution in [0.15, 0.2) is 54.6 Å². The molecular weight excluding hydrogens is 362 g/mol. The van der Waals surface area contributed by atoms with Crippen LogP contribution in [0.2, 0.25) is 5.15 Å². The maximum absolute atomic E-state index is 12.8. The normalized spacial score (nSPS) is 10.9. The molecule has 0 atom stereocenters. The lowest BCUT2D eigenvalue weighted by molar-refractivity contribution is 0.193. The van der Waals surface area contributed by atoms with E-state index in [4.69, 9.17) is 16.3 Å². The van der Waals surface area contributed by atoms with Crippen molar-refractivity contribution in [2.75, 3.05) is 12.4 Å². The molecule has 0 aliphatic carbocycles. The molecule has 0 unspecified atom stereocenters. The molecule has 0 bridgehead atoms. The van der Waals surface area contributed by atoms with Gasteiger partial charge < -0.3 is 15.0 Å². The molecule has 3 rings (SSSR count). The van der Waals surface area contributed by atoms with Crippen LogP contribution in [-0.2, 0) is 6.54 Å². The number of hydrogen-bond acceptors (Lipinski definition) is 3. The maximum Gasteiger partial charge on any atom is 0.322 e. The van der Waals surface area contributed by atoms with Crippen LogP contribution in [0.4, 0.5) is 10.5 Å². The Morgan fingerprint density at radius 2 is 1.96 bits per heavy atom. The van der Waals surface area contributed by atoms with Crippen LogP contribution in [0, 0.1) is 0 Å². The lowest BCUT2D eigenvalue weighted by Crippen LogP contribution is -2.39. The van der Waals surface area contributed by atoms with Gasteiger partial charge in [-0.2, -0.15) is 0 Å². The Balaban J connectivity index is 1.83. The third-order valence-corrected chi connectivity index (χ3v) is 4.62. The highest BCUT2D eigenvalue weighted by Crippen LogP contribution is 2.23. The fraction of sp³-hybridized carbons (Fsp3) is 0.238. The van der Waals surface area contributed by atoms with Crippen LogP contribution in [0.1, 0.15) is 19.4 Å². The van der Waals surface area contributed by atoms with E-state index < -0.39 is 0 Å². The summed E-state index contributed by atoms with van der Waals surface area (Å²) in [5.41, 5.74) is 2.32. The monoisotopic (exact) mass is 383 g/mol. The van der Waals surface area contributed by atoms with Gasteiger partial charge in [-0.15, -0.1) is 0 Å². The zero-order valence-electron chi connectivity index (χ0n) is 15.6. The predicted octanol–water partition coefficient (Wildman–Crippen LogP) is 5.34. The van der Waals surface area contributed by atoms with Gasteiger partial charge in [0.15, 0.2) is 0 Å². The van der Waals surface area contributed by atoms with Crippen molar-refractivity contribution in [2.24, 2.45) is 0 Å². The molecule has 1 heterocycles. The Bertz CT molecular complexity index is 959. The first-order valence-electron chi connectivity index (χ1n) is 8.74. The molecule has 0 aliphatic heterocycles. The Hall–Kier alpha value is -2.79. The molecule has 27 heavy (non-hydrogen) atoms. The number of halogens is 1. The Morgan fingerprint density at radius 1 is 1.19 bits per heavy atom. The summed E-state index contributed by atoms with van der Waals surface area (Å²) in [4.78, 5) is 19.0. The third-order valence-electron chi connectivity index (χ3n) is 4.30. The molecule has 6 heteroatoms. The number of benzene rings is 2. The number of urea groups is 1. The topological polar surface area (TPSA) is 54.5 Å². The minimum absolute atomic E-state index is 0.0156. The van der Waals surface area contributed by atoms with Crippen molar-refractivity contribution in [3.05, 3.63) is 65.3 Å². The molecule has 3 aromatic rings. The number of carbonyl (C=O) groups is 1. The number of rotatable bonds is 5. The van der Waals surface area contributed by atoms with E-state index in [2.05, 4.69) is 10.3 Å². The van der Waals surface area contributed by atoms with Crippen molar-refractivity contribution in [3.63, 3.8) is 0 Å². The van der Waals surface area contributed by atoms with Gasteiger partial charge in [-0.05, 0) is 38.1 Å². The number of nitrogens with one attached hydrogen (secondary N) is 1. The number of hydrogen-bond donors (Lipinski definition) is 1. The molecule has 0 fully saturated rings. The smallest absolute Gasteiger partial charge is 0.322 e. The highest BCUT2D eigenvalue weighted by atomic mass is 35.5. The van der Waals surface area contributed by atoms with Gasteiger partial charge in [0, 0.05) is 28.7 Å². The van der Waals surface area contributed by atoms with Gasteiger partial charge in [0.25, 0.3) is 0 Å².